The lowest BCUT2D eigenvalue weighted by Crippen LogP contribution is -2.39. The van der Waals surface area contributed by atoms with Gasteiger partial charge in [-0.05, 0) is 30.5 Å². The van der Waals surface area contributed by atoms with Crippen LogP contribution >= 0.6 is 11.3 Å². The second-order valence-corrected chi connectivity index (χ2v) is 8.37. The van der Waals surface area contributed by atoms with Crippen LogP contribution in [0.15, 0.2) is 40.8 Å². The molecule has 0 aliphatic rings. The standard InChI is InChI=1S/C17H21N3O5S2/c1-12(16-6-5-9-26-16)18-19-17(21)11-20(27(4,22)23)13-7-8-14(24-2)15(10-13)25-3/h5-10H,11H2,1-4H3,(H,19,21)/b18-12-. The van der Waals surface area contributed by atoms with E-state index in [1.54, 1.807) is 13.0 Å². The highest BCUT2D eigenvalue weighted by Gasteiger charge is 2.22. The molecule has 1 aromatic heterocycles. The number of thiophene rings is 1. The minimum Gasteiger partial charge on any atom is -0.493 e. The van der Waals surface area contributed by atoms with Crippen LogP contribution in [-0.2, 0) is 14.8 Å². The number of rotatable bonds is 8. The molecule has 0 atom stereocenters. The molecule has 0 unspecified atom stereocenters. The predicted octanol–water partition coefficient (Wildman–Crippen LogP) is 2.07. The minimum absolute atomic E-state index is 0.282. The van der Waals surface area contributed by atoms with Crippen LogP contribution in [0.5, 0.6) is 11.5 Å². The zero-order chi connectivity index (χ0) is 20.0. The molecule has 1 amide bonds. The van der Waals surface area contributed by atoms with Crippen molar-refractivity contribution in [1.82, 2.24) is 5.43 Å². The summed E-state index contributed by atoms with van der Waals surface area (Å²) in [6, 6.07) is 8.36. The first-order valence-electron chi connectivity index (χ1n) is 7.83. The third kappa shape index (κ3) is 5.44. The number of amides is 1. The summed E-state index contributed by atoms with van der Waals surface area (Å²) in [6.45, 7) is 1.34. The Morgan fingerprint density at radius 1 is 1.22 bits per heavy atom. The Labute approximate surface area is 162 Å². The van der Waals surface area contributed by atoms with E-state index in [1.165, 1.54) is 37.7 Å². The highest BCUT2D eigenvalue weighted by molar-refractivity contribution is 7.92. The van der Waals surface area contributed by atoms with Gasteiger partial charge < -0.3 is 9.47 Å². The first-order chi connectivity index (χ1) is 12.8. The van der Waals surface area contributed by atoms with Crippen LogP contribution in [-0.4, -0.2) is 47.1 Å². The van der Waals surface area contributed by atoms with Gasteiger partial charge in [0.1, 0.15) is 6.54 Å². The zero-order valence-electron chi connectivity index (χ0n) is 15.4. The molecule has 1 heterocycles. The Balaban J connectivity index is 2.20. The van der Waals surface area contributed by atoms with E-state index in [9.17, 15) is 13.2 Å². The van der Waals surface area contributed by atoms with Crippen molar-refractivity contribution >= 4 is 38.7 Å². The van der Waals surface area contributed by atoms with Gasteiger partial charge in [0.15, 0.2) is 11.5 Å². The van der Waals surface area contributed by atoms with Crippen LogP contribution < -0.4 is 19.2 Å². The fraction of sp³-hybridized carbons (Fsp3) is 0.294. The monoisotopic (exact) mass is 411 g/mol. The molecule has 146 valence electrons. The lowest BCUT2D eigenvalue weighted by atomic mass is 10.2. The molecule has 0 saturated heterocycles. The second-order valence-electron chi connectivity index (χ2n) is 5.52. The minimum atomic E-state index is -3.71. The number of anilines is 1. The molecule has 1 aromatic carbocycles. The van der Waals surface area contributed by atoms with Crippen LogP contribution in [0.3, 0.4) is 0 Å². The normalized spacial score (nSPS) is 11.8. The Morgan fingerprint density at radius 2 is 1.93 bits per heavy atom. The fourth-order valence-electron chi connectivity index (χ4n) is 2.23. The van der Waals surface area contributed by atoms with Crippen molar-refractivity contribution in [2.24, 2.45) is 5.10 Å². The molecule has 0 spiro atoms. The topological polar surface area (TPSA) is 97.3 Å². The SMILES string of the molecule is COc1ccc(N(CC(=O)N/N=C(/C)c2cccs2)S(C)(=O)=O)cc1OC. The van der Waals surface area contributed by atoms with Crippen molar-refractivity contribution in [2.75, 3.05) is 31.3 Å². The van der Waals surface area contributed by atoms with E-state index in [2.05, 4.69) is 10.5 Å². The number of methoxy groups -OCH3 is 2. The summed E-state index contributed by atoms with van der Waals surface area (Å²) in [5.74, 6) is 0.247. The summed E-state index contributed by atoms with van der Waals surface area (Å²) >= 11 is 1.49. The Kier molecular flexibility index (Phi) is 6.81. The fourth-order valence-corrected chi connectivity index (χ4v) is 3.76. The highest BCUT2D eigenvalue weighted by Crippen LogP contribution is 2.32. The van der Waals surface area contributed by atoms with E-state index in [0.29, 0.717) is 17.2 Å². The molecule has 0 radical (unpaired) electrons. The summed E-state index contributed by atoms with van der Waals surface area (Å²) in [6.07, 6.45) is 1.02. The van der Waals surface area contributed by atoms with Crippen molar-refractivity contribution in [2.45, 2.75) is 6.92 Å². The lowest BCUT2D eigenvalue weighted by Gasteiger charge is -2.22. The molecular formula is C17H21N3O5S2. The summed E-state index contributed by atoms with van der Waals surface area (Å²) in [5.41, 5.74) is 3.30. The average molecular weight is 412 g/mol. The molecule has 2 aromatic rings. The van der Waals surface area contributed by atoms with Crippen molar-refractivity contribution < 1.29 is 22.7 Å². The Bertz CT molecular complexity index is 924. The first-order valence-corrected chi connectivity index (χ1v) is 10.6. The molecule has 0 saturated carbocycles. The number of hydrazone groups is 1. The zero-order valence-corrected chi connectivity index (χ0v) is 17.1. The smallest absolute Gasteiger partial charge is 0.260 e. The van der Waals surface area contributed by atoms with E-state index < -0.39 is 22.5 Å². The molecule has 0 aliphatic heterocycles. The number of hydrogen-bond acceptors (Lipinski definition) is 7. The van der Waals surface area contributed by atoms with Crippen molar-refractivity contribution in [3.05, 3.63) is 40.6 Å². The van der Waals surface area contributed by atoms with Gasteiger partial charge in [-0.2, -0.15) is 5.10 Å². The van der Waals surface area contributed by atoms with Crippen LogP contribution in [0, 0.1) is 0 Å². The maximum atomic E-state index is 12.2. The first kappa shape index (κ1) is 20.7. The number of carbonyl (C=O) groups excluding carboxylic acids is 1. The summed E-state index contributed by atoms with van der Waals surface area (Å²) in [4.78, 5) is 13.2. The number of ether oxygens (including phenoxy) is 2. The van der Waals surface area contributed by atoms with Crippen molar-refractivity contribution in [3.8, 4) is 11.5 Å². The van der Waals surface area contributed by atoms with E-state index in [1.807, 2.05) is 17.5 Å². The number of nitrogens with one attached hydrogen (secondary N) is 1. The van der Waals surface area contributed by atoms with Gasteiger partial charge in [0.25, 0.3) is 5.91 Å². The van der Waals surface area contributed by atoms with Gasteiger partial charge in [-0.3, -0.25) is 9.10 Å². The van der Waals surface area contributed by atoms with Crippen LogP contribution in [0.4, 0.5) is 5.69 Å². The van der Waals surface area contributed by atoms with E-state index in [-0.39, 0.29) is 5.69 Å². The van der Waals surface area contributed by atoms with Gasteiger partial charge in [0, 0.05) is 10.9 Å². The molecular weight excluding hydrogens is 390 g/mol. The third-order valence-corrected chi connectivity index (χ3v) is 5.69. The van der Waals surface area contributed by atoms with Gasteiger partial charge in [-0.1, -0.05) is 6.07 Å². The van der Waals surface area contributed by atoms with Crippen molar-refractivity contribution in [1.29, 1.82) is 0 Å². The molecule has 0 bridgehead atoms. The van der Waals surface area contributed by atoms with Gasteiger partial charge in [0.05, 0.1) is 31.9 Å². The largest absolute Gasteiger partial charge is 0.493 e. The van der Waals surface area contributed by atoms with E-state index in [4.69, 9.17) is 9.47 Å². The van der Waals surface area contributed by atoms with Gasteiger partial charge in [-0.15, -0.1) is 11.3 Å². The number of hydrogen-bond donors (Lipinski definition) is 1. The molecule has 8 nitrogen and oxygen atoms in total. The van der Waals surface area contributed by atoms with Gasteiger partial charge in [-0.25, -0.2) is 13.8 Å². The van der Waals surface area contributed by atoms with E-state index in [0.717, 1.165) is 15.4 Å². The van der Waals surface area contributed by atoms with Crippen LogP contribution in [0.1, 0.15) is 11.8 Å². The number of nitrogens with zero attached hydrogens (tertiary/aromatic N) is 2. The van der Waals surface area contributed by atoms with Crippen molar-refractivity contribution in [3.63, 3.8) is 0 Å². The summed E-state index contributed by atoms with van der Waals surface area (Å²) in [5, 5.41) is 5.92. The molecule has 0 fully saturated rings. The van der Waals surface area contributed by atoms with Crippen LogP contribution in [0.25, 0.3) is 0 Å². The van der Waals surface area contributed by atoms with Gasteiger partial charge >= 0.3 is 0 Å². The maximum Gasteiger partial charge on any atom is 0.260 e. The quantitative estimate of drug-likeness (QED) is 0.530. The molecule has 0 aliphatic carbocycles. The van der Waals surface area contributed by atoms with Crippen LogP contribution in [0.2, 0.25) is 0 Å². The average Bonchev–Trinajstić information content (AvgIpc) is 3.17. The number of sulfonamides is 1. The molecule has 2 rings (SSSR count). The Hall–Kier alpha value is -2.59. The second kappa shape index (κ2) is 8.87. The number of carbonyl (C=O) groups is 1. The summed E-state index contributed by atoms with van der Waals surface area (Å²) in [7, 11) is -0.785. The third-order valence-electron chi connectivity index (χ3n) is 3.57. The molecule has 1 N–H and O–H groups in total. The maximum absolute atomic E-state index is 12.2. The predicted molar refractivity (Wildman–Crippen MR) is 106 cm³/mol. The number of benzene rings is 1. The molecule has 10 heteroatoms. The lowest BCUT2D eigenvalue weighted by molar-refractivity contribution is -0.119. The Morgan fingerprint density at radius 3 is 2.48 bits per heavy atom. The molecule has 27 heavy (non-hydrogen) atoms. The highest BCUT2D eigenvalue weighted by atomic mass is 32.2. The van der Waals surface area contributed by atoms with Gasteiger partial charge in [0.2, 0.25) is 10.0 Å². The summed E-state index contributed by atoms with van der Waals surface area (Å²) < 4.78 is 35.7. The van der Waals surface area contributed by atoms with E-state index >= 15 is 0 Å².